The summed E-state index contributed by atoms with van der Waals surface area (Å²) in [5, 5.41) is 11.4. The van der Waals surface area contributed by atoms with E-state index in [4.69, 9.17) is 10.5 Å². The molecule has 32 heavy (non-hydrogen) atoms. The number of hydrogen-bond donors (Lipinski definition) is 2. The Morgan fingerprint density at radius 3 is 2.12 bits per heavy atom. The van der Waals surface area contributed by atoms with Gasteiger partial charge in [-0.05, 0) is 80.0 Å². The predicted molar refractivity (Wildman–Crippen MR) is 135 cm³/mol. The minimum Gasteiger partial charge on any atom is -0.507 e. The standard InChI is InChI=1S/C28H39NO3/c1-9-27(5,6)22-17-20(13-16-23(30)19-11-14-21(29)15-12-19)26(32-18(3)4)24(25(22)31)28(7,8)10-2/h11-18,31H,9-10,29H2,1-8H3/b16-13+. The summed E-state index contributed by atoms with van der Waals surface area (Å²) in [6.07, 6.45) is 4.99. The van der Waals surface area contributed by atoms with Gasteiger partial charge in [-0.3, -0.25) is 4.79 Å². The molecule has 0 spiro atoms. The molecule has 0 unspecified atom stereocenters. The van der Waals surface area contributed by atoms with Crippen molar-refractivity contribution in [2.24, 2.45) is 0 Å². The van der Waals surface area contributed by atoms with Gasteiger partial charge in [0.2, 0.25) is 0 Å². The van der Waals surface area contributed by atoms with E-state index in [1.54, 1.807) is 36.4 Å². The van der Waals surface area contributed by atoms with Gasteiger partial charge < -0.3 is 15.6 Å². The van der Waals surface area contributed by atoms with Crippen molar-refractivity contribution in [2.75, 3.05) is 5.73 Å². The van der Waals surface area contributed by atoms with Crippen molar-refractivity contribution in [1.82, 2.24) is 0 Å². The lowest BCUT2D eigenvalue weighted by Crippen LogP contribution is -2.23. The number of nitrogen functional groups attached to an aromatic ring is 1. The summed E-state index contributed by atoms with van der Waals surface area (Å²) in [5.74, 6) is 0.823. The van der Waals surface area contributed by atoms with Crippen molar-refractivity contribution >= 4 is 17.5 Å². The van der Waals surface area contributed by atoms with Crippen LogP contribution in [0.5, 0.6) is 11.5 Å². The van der Waals surface area contributed by atoms with E-state index in [0.29, 0.717) is 22.7 Å². The number of phenolic OH excluding ortho intramolecular Hbond substituents is 1. The normalized spacial score (nSPS) is 12.5. The molecule has 4 nitrogen and oxygen atoms in total. The van der Waals surface area contributed by atoms with E-state index < -0.39 is 0 Å². The van der Waals surface area contributed by atoms with Crippen molar-refractivity contribution in [3.05, 3.63) is 58.7 Å². The fourth-order valence-corrected chi connectivity index (χ4v) is 3.58. The highest BCUT2D eigenvalue weighted by Gasteiger charge is 2.34. The van der Waals surface area contributed by atoms with Gasteiger partial charge in [-0.15, -0.1) is 0 Å². The highest BCUT2D eigenvalue weighted by atomic mass is 16.5. The van der Waals surface area contributed by atoms with E-state index in [-0.39, 0.29) is 22.7 Å². The lowest BCUT2D eigenvalue weighted by molar-refractivity contribution is 0.104. The summed E-state index contributed by atoms with van der Waals surface area (Å²) in [4.78, 5) is 12.8. The van der Waals surface area contributed by atoms with Crippen molar-refractivity contribution in [3.63, 3.8) is 0 Å². The number of carbonyl (C=O) groups excluding carboxylic acids is 1. The number of hydrogen-bond acceptors (Lipinski definition) is 4. The first-order valence-corrected chi connectivity index (χ1v) is 11.5. The number of ether oxygens (including phenoxy) is 1. The highest BCUT2D eigenvalue weighted by molar-refractivity contribution is 6.07. The molecule has 174 valence electrons. The van der Waals surface area contributed by atoms with Crippen LogP contribution < -0.4 is 10.5 Å². The van der Waals surface area contributed by atoms with Crippen LogP contribution in [0.15, 0.2) is 36.4 Å². The summed E-state index contributed by atoms with van der Waals surface area (Å²) in [6.45, 7) is 16.6. The van der Waals surface area contributed by atoms with Crippen LogP contribution in [0.4, 0.5) is 5.69 Å². The van der Waals surface area contributed by atoms with Gasteiger partial charge in [0.05, 0.1) is 6.10 Å². The minimum atomic E-state index is -0.308. The van der Waals surface area contributed by atoms with Gasteiger partial charge in [0.25, 0.3) is 0 Å². The van der Waals surface area contributed by atoms with Crippen LogP contribution in [0.2, 0.25) is 0 Å². The van der Waals surface area contributed by atoms with Gasteiger partial charge in [-0.1, -0.05) is 41.5 Å². The smallest absolute Gasteiger partial charge is 0.185 e. The zero-order valence-corrected chi connectivity index (χ0v) is 20.9. The third kappa shape index (κ3) is 5.53. The van der Waals surface area contributed by atoms with E-state index in [1.165, 1.54) is 0 Å². The summed E-state index contributed by atoms with van der Waals surface area (Å²) in [6, 6.07) is 8.86. The van der Waals surface area contributed by atoms with Crippen LogP contribution in [-0.4, -0.2) is 17.0 Å². The molecule has 2 aromatic rings. The van der Waals surface area contributed by atoms with Gasteiger partial charge in [0, 0.05) is 27.9 Å². The summed E-state index contributed by atoms with van der Waals surface area (Å²) in [7, 11) is 0. The Hall–Kier alpha value is -2.75. The van der Waals surface area contributed by atoms with Crippen LogP contribution in [0.1, 0.15) is 95.3 Å². The van der Waals surface area contributed by atoms with Gasteiger partial charge in [-0.25, -0.2) is 0 Å². The molecule has 0 atom stereocenters. The number of nitrogens with two attached hydrogens (primary N) is 1. The minimum absolute atomic E-state index is 0.0780. The fourth-order valence-electron chi connectivity index (χ4n) is 3.58. The molecule has 0 aliphatic rings. The molecule has 2 aromatic carbocycles. The van der Waals surface area contributed by atoms with E-state index >= 15 is 0 Å². The molecule has 0 amide bonds. The summed E-state index contributed by atoms with van der Waals surface area (Å²) < 4.78 is 6.26. The second-order valence-corrected chi connectivity index (χ2v) is 10.0. The van der Waals surface area contributed by atoms with E-state index in [1.807, 2.05) is 19.9 Å². The second kappa shape index (κ2) is 9.81. The Morgan fingerprint density at radius 2 is 1.62 bits per heavy atom. The van der Waals surface area contributed by atoms with E-state index in [2.05, 4.69) is 41.5 Å². The number of benzene rings is 2. The molecule has 0 bridgehead atoms. The summed E-state index contributed by atoms with van der Waals surface area (Å²) >= 11 is 0. The van der Waals surface area contributed by atoms with E-state index in [0.717, 1.165) is 29.5 Å². The number of ketones is 1. The van der Waals surface area contributed by atoms with Crippen molar-refractivity contribution < 1.29 is 14.6 Å². The first-order valence-electron chi connectivity index (χ1n) is 11.5. The number of aromatic hydroxyl groups is 1. The van der Waals surface area contributed by atoms with Crippen LogP contribution >= 0.6 is 0 Å². The maximum atomic E-state index is 12.8. The Kier molecular flexibility index (Phi) is 7.82. The number of phenols is 1. The molecule has 0 fully saturated rings. The number of anilines is 1. The highest BCUT2D eigenvalue weighted by Crippen LogP contribution is 2.48. The SMILES string of the molecule is CCC(C)(C)c1cc(/C=C/C(=O)c2ccc(N)cc2)c(OC(C)C)c(C(C)(C)CC)c1O. The third-order valence-corrected chi connectivity index (χ3v) is 6.42. The number of carbonyl (C=O) groups is 1. The van der Waals surface area contributed by atoms with Crippen LogP contribution in [0.3, 0.4) is 0 Å². The molecular formula is C28H39NO3. The summed E-state index contributed by atoms with van der Waals surface area (Å²) in [5.41, 5.74) is 8.86. The Labute approximate surface area is 193 Å². The Balaban J connectivity index is 2.75. The van der Waals surface area contributed by atoms with Crippen molar-refractivity contribution in [2.45, 2.75) is 85.2 Å². The molecule has 0 aromatic heterocycles. The van der Waals surface area contributed by atoms with Crippen LogP contribution in [0, 0.1) is 0 Å². The fraction of sp³-hybridized carbons (Fsp3) is 0.464. The Bertz CT molecular complexity index is 983. The largest absolute Gasteiger partial charge is 0.507 e. The quantitative estimate of drug-likeness (QED) is 0.251. The maximum absolute atomic E-state index is 12.8. The first-order chi connectivity index (χ1) is 14.8. The molecule has 0 heterocycles. The molecule has 0 radical (unpaired) electrons. The average molecular weight is 438 g/mol. The monoisotopic (exact) mass is 437 g/mol. The number of rotatable bonds is 9. The average Bonchev–Trinajstić information content (AvgIpc) is 2.72. The van der Waals surface area contributed by atoms with Gasteiger partial charge >= 0.3 is 0 Å². The first kappa shape index (κ1) is 25.5. The molecule has 0 saturated heterocycles. The third-order valence-electron chi connectivity index (χ3n) is 6.42. The molecule has 4 heteroatoms. The molecule has 2 rings (SSSR count). The molecule has 0 saturated carbocycles. The molecule has 3 N–H and O–H groups in total. The van der Waals surface area contributed by atoms with Crippen molar-refractivity contribution in [3.8, 4) is 11.5 Å². The zero-order chi connectivity index (χ0) is 24.3. The van der Waals surface area contributed by atoms with E-state index in [9.17, 15) is 9.90 Å². The van der Waals surface area contributed by atoms with Gasteiger partial charge in [0.15, 0.2) is 5.78 Å². The lowest BCUT2D eigenvalue weighted by Gasteiger charge is -2.33. The van der Waals surface area contributed by atoms with Crippen LogP contribution in [0.25, 0.3) is 6.08 Å². The van der Waals surface area contributed by atoms with Crippen molar-refractivity contribution in [1.29, 1.82) is 0 Å². The zero-order valence-electron chi connectivity index (χ0n) is 20.9. The molecular weight excluding hydrogens is 398 g/mol. The maximum Gasteiger partial charge on any atom is 0.185 e. The molecule has 0 aliphatic heterocycles. The van der Waals surface area contributed by atoms with Crippen LogP contribution in [-0.2, 0) is 10.8 Å². The second-order valence-electron chi connectivity index (χ2n) is 10.0. The predicted octanol–water partition coefficient (Wildman–Crippen LogP) is 7.03. The van der Waals surface area contributed by atoms with Gasteiger partial charge in [0.1, 0.15) is 11.5 Å². The molecule has 0 aliphatic carbocycles. The van der Waals surface area contributed by atoms with Gasteiger partial charge in [-0.2, -0.15) is 0 Å². The lowest BCUT2D eigenvalue weighted by atomic mass is 9.74. The number of allylic oxidation sites excluding steroid dienone is 1. The Morgan fingerprint density at radius 1 is 1.06 bits per heavy atom. The topological polar surface area (TPSA) is 72.6 Å².